The maximum atomic E-state index is 10.5. The van der Waals surface area contributed by atoms with Crippen molar-refractivity contribution >= 4 is 21.9 Å². The van der Waals surface area contributed by atoms with Crippen molar-refractivity contribution in [3.63, 3.8) is 0 Å². The van der Waals surface area contributed by atoms with Gasteiger partial charge in [0.25, 0.3) is 0 Å². The highest BCUT2D eigenvalue weighted by molar-refractivity contribution is 9.09. The predicted molar refractivity (Wildman–Crippen MR) is 43.3 cm³/mol. The molecule has 0 atom stereocenters. The number of hydrogen-bond acceptors (Lipinski definition) is 3. The quantitative estimate of drug-likeness (QED) is 0.499. The van der Waals surface area contributed by atoms with Gasteiger partial charge in [-0.3, -0.25) is 4.79 Å². The van der Waals surface area contributed by atoms with Gasteiger partial charge in [0.1, 0.15) is 11.9 Å². The first-order valence-corrected chi connectivity index (χ1v) is 4.15. The molecule has 0 spiro atoms. The van der Waals surface area contributed by atoms with Crippen molar-refractivity contribution in [1.29, 1.82) is 0 Å². The molecule has 3 nitrogen and oxygen atoms in total. The third-order valence-electron chi connectivity index (χ3n) is 0.911. The van der Waals surface area contributed by atoms with E-state index in [0.717, 1.165) is 6.54 Å². The minimum Gasteiger partial charge on any atom is -0.464 e. The van der Waals surface area contributed by atoms with E-state index in [1.165, 1.54) is 0 Å². The van der Waals surface area contributed by atoms with Crippen LogP contribution in [0, 0.1) is 0 Å². The van der Waals surface area contributed by atoms with Crippen molar-refractivity contribution in [2.45, 2.75) is 0 Å². The zero-order valence-electron chi connectivity index (χ0n) is 6.26. The fraction of sp³-hybridized carbons (Fsp3) is 0.833. The third kappa shape index (κ3) is 6.04. The van der Waals surface area contributed by atoms with Crippen LogP contribution in [0.4, 0.5) is 0 Å². The lowest BCUT2D eigenvalue weighted by molar-refractivity contribution is -0.140. The van der Waals surface area contributed by atoms with Crippen LogP contribution in [0.5, 0.6) is 0 Å². The highest BCUT2D eigenvalue weighted by atomic mass is 79.9. The number of likely N-dealkylation sites (N-methyl/N-ethyl adjacent to an activating group) is 1. The molecule has 0 aromatic carbocycles. The van der Waals surface area contributed by atoms with Gasteiger partial charge in [-0.25, -0.2) is 0 Å². The van der Waals surface area contributed by atoms with E-state index in [1.54, 1.807) is 0 Å². The summed E-state index contributed by atoms with van der Waals surface area (Å²) in [7, 11) is 3.87. The summed E-state index contributed by atoms with van der Waals surface area (Å²) in [6.07, 6.45) is 0. The van der Waals surface area contributed by atoms with Crippen molar-refractivity contribution in [2.75, 3.05) is 32.6 Å². The molecule has 0 heterocycles. The lowest BCUT2D eigenvalue weighted by Gasteiger charge is -2.08. The predicted octanol–water partition coefficient (Wildman–Crippen LogP) is 0.486. The smallest absolute Gasteiger partial charge is 0.316 e. The van der Waals surface area contributed by atoms with Gasteiger partial charge in [-0.05, 0) is 14.1 Å². The molecule has 0 rings (SSSR count). The van der Waals surface area contributed by atoms with Crippen LogP contribution in [0.3, 0.4) is 0 Å². The highest BCUT2D eigenvalue weighted by Crippen LogP contribution is 1.85. The van der Waals surface area contributed by atoms with E-state index in [4.69, 9.17) is 4.74 Å². The Hall–Kier alpha value is -0.0900. The van der Waals surface area contributed by atoms with Crippen LogP contribution in [0.15, 0.2) is 0 Å². The topological polar surface area (TPSA) is 29.5 Å². The monoisotopic (exact) mass is 209 g/mol. The fourth-order valence-electron chi connectivity index (χ4n) is 0.381. The molecule has 0 amide bonds. The number of rotatable bonds is 4. The second-order valence-corrected chi connectivity index (χ2v) is 2.72. The standard InChI is InChI=1S/C6H12BrNO2/c1-8(2)3-4-10-6(9)5-7/h3-5H2,1-2H3. The maximum Gasteiger partial charge on any atom is 0.316 e. The third-order valence-corrected chi connectivity index (χ3v) is 1.37. The van der Waals surface area contributed by atoms with E-state index in [-0.39, 0.29) is 11.3 Å². The van der Waals surface area contributed by atoms with Crippen LogP contribution in [-0.4, -0.2) is 43.4 Å². The molecule has 0 radical (unpaired) electrons. The van der Waals surface area contributed by atoms with Gasteiger partial charge in [0.15, 0.2) is 0 Å². The Morgan fingerprint density at radius 3 is 2.60 bits per heavy atom. The molecule has 10 heavy (non-hydrogen) atoms. The first kappa shape index (κ1) is 9.91. The van der Waals surface area contributed by atoms with Crippen molar-refractivity contribution in [2.24, 2.45) is 0 Å². The number of ether oxygens (including phenoxy) is 1. The molecule has 0 saturated carbocycles. The Balaban J connectivity index is 3.12. The zero-order chi connectivity index (χ0) is 7.98. The summed E-state index contributed by atoms with van der Waals surface area (Å²) in [5, 5.41) is 0.278. The average molecular weight is 210 g/mol. The van der Waals surface area contributed by atoms with E-state index in [1.807, 2.05) is 19.0 Å². The van der Waals surface area contributed by atoms with Crippen LogP contribution < -0.4 is 0 Å². The molecule has 0 fully saturated rings. The number of esters is 1. The molecule has 4 heteroatoms. The molecule has 0 aliphatic rings. The largest absolute Gasteiger partial charge is 0.464 e. The van der Waals surface area contributed by atoms with E-state index in [2.05, 4.69) is 15.9 Å². The fourth-order valence-corrected chi connectivity index (χ4v) is 0.542. The first-order valence-electron chi connectivity index (χ1n) is 3.03. The van der Waals surface area contributed by atoms with Crippen molar-refractivity contribution in [3.05, 3.63) is 0 Å². The summed E-state index contributed by atoms with van der Waals surface area (Å²) in [6.45, 7) is 1.25. The molecule has 0 aliphatic carbocycles. The number of carbonyl (C=O) groups excluding carboxylic acids is 1. The first-order chi connectivity index (χ1) is 4.66. The number of hydrogen-bond donors (Lipinski definition) is 0. The molecule has 0 unspecified atom stereocenters. The number of alkyl halides is 1. The molecule has 60 valence electrons. The Kier molecular flexibility index (Phi) is 5.63. The lowest BCUT2D eigenvalue weighted by Crippen LogP contribution is -2.20. The molecule has 0 N–H and O–H groups in total. The van der Waals surface area contributed by atoms with Crippen LogP contribution in [0.1, 0.15) is 0 Å². The molecule has 0 saturated heterocycles. The van der Waals surface area contributed by atoms with Gasteiger partial charge < -0.3 is 9.64 Å². The summed E-state index contributed by atoms with van der Waals surface area (Å²) in [5.74, 6) is -0.207. The van der Waals surface area contributed by atoms with Gasteiger partial charge in [-0.2, -0.15) is 0 Å². The highest BCUT2D eigenvalue weighted by Gasteiger charge is 1.97. The second-order valence-electron chi connectivity index (χ2n) is 2.16. The zero-order valence-corrected chi connectivity index (χ0v) is 7.85. The molecular weight excluding hydrogens is 198 g/mol. The SMILES string of the molecule is CN(C)CCOC(=O)CBr. The molecule has 0 aromatic heterocycles. The van der Waals surface area contributed by atoms with Gasteiger partial charge in [0.2, 0.25) is 0 Å². The Labute approximate surface area is 69.5 Å². The summed E-state index contributed by atoms with van der Waals surface area (Å²) in [5.41, 5.74) is 0. The molecule has 0 aliphatic heterocycles. The van der Waals surface area contributed by atoms with Crippen LogP contribution in [-0.2, 0) is 9.53 Å². The number of nitrogens with zero attached hydrogens (tertiary/aromatic N) is 1. The Morgan fingerprint density at radius 1 is 1.60 bits per heavy atom. The molecule has 0 bridgehead atoms. The van der Waals surface area contributed by atoms with Crippen LogP contribution in [0.25, 0.3) is 0 Å². The lowest BCUT2D eigenvalue weighted by atomic mass is 10.6. The van der Waals surface area contributed by atoms with E-state index < -0.39 is 0 Å². The molecule has 0 aromatic rings. The van der Waals surface area contributed by atoms with E-state index in [0.29, 0.717) is 6.61 Å². The maximum absolute atomic E-state index is 10.5. The normalized spacial score (nSPS) is 10.0. The van der Waals surface area contributed by atoms with Gasteiger partial charge in [0, 0.05) is 6.54 Å². The minimum absolute atomic E-state index is 0.207. The average Bonchev–Trinajstić information content (AvgIpc) is 1.87. The summed E-state index contributed by atoms with van der Waals surface area (Å²) >= 11 is 2.99. The van der Waals surface area contributed by atoms with E-state index >= 15 is 0 Å². The molecular formula is C6H12BrNO2. The van der Waals surface area contributed by atoms with Crippen molar-refractivity contribution < 1.29 is 9.53 Å². The van der Waals surface area contributed by atoms with Crippen LogP contribution in [0.2, 0.25) is 0 Å². The Morgan fingerprint density at radius 2 is 2.20 bits per heavy atom. The van der Waals surface area contributed by atoms with Gasteiger partial charge in [-0.1, -0.05) is 15.9 Å². The Bertz CT molecular complexity index is 106. The van der Waals surface area contributed by atoms with Crippen LogP contribution >= 0.6 is 15.9 Å². The van der Waals surface area contributed by atoms with Crippen molar-refractivity contribution in [1.82, 2.24) is 4.90 Å². The van der Waals surface area contributed by atoms with Crippen molar-refractivity contribution in [3.8, 4) is 0 Å². The second kappa shape index (κ2) is 5.68. The summed E-state index contributed by atoms with van der Waals surface area (Å²) in [4.78, 5) is 12.5. The number of halogens is 1. The number of carbonyl (C=O) groups is 1. The summed E-state index contributed by atoms with van der Waals surface area (Å²) in [6, 6.07) is 0. The summed E-state index contributed by atoms with van der Waals surface area (Å²) < 4.78 is 4.77. The van der Waals surface area contributed by atoms with Gasteiger partial charge in [-0.15, -0.1) is 0 Å². The van der Waals surface area contributed by atoms with E-state index in [9.17, 15) is 4.79 Å². The minimum atomic E-state index is -0.207. The van der Waals surface area contributed by atoms with Gasteiger partial charge in [0.05, 0.1) is 0 Å². The van der Waals surface area contributed by atoms with Gasteiger partial charge >= 0.3 is 5.97 Å².